The van der Waals surface area contributed by atoms with E-state index >= 15 is 0 Å². The van der Waals surface area contributed by atoms with Gasteiger partial charge in [-0.3, -0.25) is 4.79 Å². The SMILES string of the molecule is Cc1[nH]c(=S)sc1CC(=O)Nc1c(Cl)cc(F)cc1Br. The highest BCUT2D eigenvalue weighted by Crippen LogP contribution is 2.31. The van der Waals surface area contributed by atoms with E-state index in [1.807, 2.05) is 6.92 Å². The molecule has 1 aromatic heterocycles. The normalized spacial score (nSPS) is 10.6. The summed E-state index contributed by atoms with van der Waals surface area (Å²) < 4.78 is 14.1. The molecular formula is C12H9BrClFN2OS2. The van der Waals surface area contributed by atoms with Gasteiger partial charge in [0.05, 0.1) is 17.1 Å². The Labute approximate surface area is 137 Å². The van der Waals surface area contributed by atoms with Crippen molar-refractivity contribution >= 4 is 62.7 Å². The van der Waals surface area contributed by atoms with Crippen molar-refractivity contribution in [2.45, 2.75) is 13.3 Å². The van der Waals surface area contributed by atoms with E-state index in [0.717, 1.165) is 16.6 Å². The molecule has 0 fully saturated rings. The van der Waals surface area contributed by atoms with Gasteiger partial charge >= 0.3 is 0 Å². The van der Waals surface area contributed by atoms with Crippen molar-refractivity contribution in [3.05, 3.63) is 42.0 Å². The van der Waals surface area contributed by atoms with Crippen LogP contribution in [0.1, 0.15) is 10.6 Å². The van der Waals surface area contributed by atoms with Crippen LogP contribution < -0.4 is 5.32 Å². The number of hydrogen-bond acceptors (Lipinski definition) is 3. The molecule has 0 saturated carbocycles. The third kappa shape index (κ3) is 3.66. The number of amides is 1. The highest BCUT2D eigenvalue weighted by atomic mass is 79.9. The number of aryl methyl sites for hydroxylation is 1. The van der Waals surface area contributed by atoms with Gasteiger partial charge < -0.3 is 10.3 Å². The summed E-state index contributed by atoms with van der Waals surface area (Å²) >= 11 is 15.5. The Morgan fingerprint density at radius 3 is 2.85 bits per heavy atom. The summed E-state index contributed by atoms with van der Waals surface area (Å²) in [6.07, 6.45) is 0.184. The molecule has 106 valence electrons. The van der Waals surface area contributed by atoms with Crippen molar-refractivity contribution in [2.24, 2.45) is 0 Å². The molecule has 0 bridgehead atoms. The van der Waals surface area contributed by atoms with Crippen LogP contribution in [-0.4, -0.2) is 10.9 Å². The number of carbonyl (C=O) groups excluding carboxylic acids is 1. The molecular weight excluding hydrogens is 387 g/mol. The van der Waals surface area contributed by atoms with Gasteiger partial charge in [-0.1, -0.05) is 11.6 Å². The molecule has 0 aliphatic heterocycles. The fourth-order valence-corrected chi connectivity index (χ4v) is 3.79. The Morgan fingerprint density at radius 2 is 2.30 bits per heavy atom. The van der Waals surface area contributed by atoms with Gasteiger partial charge in [-0.05, 0) is 47.2 Å². The molecule has 0 unspecified atom stereocenters. The van der Waals surface area contributed by atoms with Gasteiger partial charge in [0.1, 0.15) is 5.82 Å². The highest BCUT2D eigenvalue weighted by molar-refractivity contribution is 9.10. The fraction of sp³-hybridized carbons (Fsp3) is 0.167. The van der Waals surface area contributed by atoms with Gasteiger partial charge in [-0.2, -0.15) is 0 Å². The maximum absolute atomic E-state index is 13.1. The van der Waals surface area contributed by atoms with Gasteiger partial charge in [0.2, 0.25) is 5.91 Å². The van der Waals surface area contributed by atoms with Crippen molar-refractivity contribution in [2.75, 3.05) is 5.32 Å². The van der Waals surface area contributed by atoms with Gasteiger partial charge in [-0.25, -0.2) is 4.39 Å². The maximum Gasteiger partial charge on any atom is 0.229 e. The molecule has 0 spiro atoms. The number of thiazole rings is 1. The Balaban J connectivity index is 2.17. The average molecular weight is 396 g/mol. The molecule has 1 heterocycles. The van der Waals surface area contributed by atoms with Crippen LogP contribution in [0, 0.1) is 16.7 Å². The second-order valence-corrected chi connectivity index (χ2v) is 7.07. The second-order valence-electron chi connectivity index (χ2n) is 4.03. The summed E-state index contributed by atoms with van der Waals surface area (Å²) in [5, 5.41) is 2.81. The number of H-pyrrole nitrogens is 1. The fourth-order valence-electron chi connectivity index (χ4n) is 1.60. The van der Waals surface area contributed by atoms with E-state index in [4.69, 9.17) is 23.8 Å². The van der Waals surface area contributed by atoms with Crippen LogP contribution in [0.25, 0.3) is 0 Å². The Kier molecular flexibility index (Phi) is 4.95. The van der Waals surface area contributed by atoms with Crippen LogP contribution in [0.3, 0.4) is 0 Å². The summed E-state index contributed by atoms with van der Waals surface area (Å²) in [7, 11) is 0. The first-order chi connectivity index (χ1) is 9.36. The first kappa shape index (κ1) is 15.6. The van der Waals surface area contributed by atoms with E-state index in [0.29, 0.717) is 14.1 Å². The number of benzene rings is 1. The molecule has 8 heteroatoms. The third-order valence-electron chi connectivity index (χ3n) is 2.52. The lowest BCUT2D eigenvalue weighted by atomic mass is 10.2. The zero-order valence-corrected chi connectivity index (χ0v) is 14.2. The van der Waals surface area contributed by atoms with E-state index in [2.05, 4.69) is 26.2 Å². The number of rotatable bonds is 3. The average Bonchev–Trinajstić information content (AvgIpc) is 2.62. The quantitative estimate of drug-likeness (QED) is 0.730. The minimum absolute atomic E-state index is 0.142. The zero-order chi connectivity index (χ0) is 14.9. The molecule has 1 aromatic carbocycles. The van der Waals surface area contributed by atoms with Crippen LogP contribution in [0.4, 0.5) is 10.1 Å². The number of aromatic nitrogens is 1. The van der Waals surface area contributed by atoms with Crippen LogP contribution in [0.5, 0.6) is 0 Å². The van der Waals surface area contributed by atoms with Crippen LogP contribution in [0.2, 0.25) is 5.02 Å². The van der Waals surface area contributed by atoms with E-state index in [9.17, 15) is 9.18 Å². The molecule has 0 aliphatic carbocycles. The van der Waals surface area contributed by atoms with Gasteiger partial charge in [-0.15, -0.1) is 11.3 Å². The number of aromatic amines is 1. The standard InChI is InChI=1S/C12H9BrClFN2OS2/c1-5-9(20-12(19)16-5)4-10(18)17-11-7(13)2-6(15)3-8(11)14/h2-3H,4H2,1H3,(H,16,19)(H,17,18). The summed E-state index contributed by atoms with van der Waals surface area (Å²) in [6, 6.07) is 2.39. The predicted molar refractivity (Wildman–Crippen MR) is 85.7 cm³/mol. The zero-order valence-electron chi connectivity index (χ0n) is 10.2. The maximum atomic E-state index is 13.1. The Morgan fingerprint density at radius 1 is 1.60 bits per heavy atom. The molecule has 0 saturated heterocycles. The summed E-state index contributed by atoms with van der Waals surface area (Å²) in [4.78, 5) is 15.8. The lowest BCUT2D eigenvalue weighted by Crippen LogP contribution is -2.15. The third-order valence-corrected chi connectivity index (χ3v) is 4.78. The van der Waals surface area contributed by atoms with Gasteiger partial charge in [0.15, 0.2) is 3.95 Å². The smallest absolute Gasteiger partial charge is 0.229 e. The van der Waals surface area contributed by atoms with Crippen molar-refractivity contribution in [1.82, 2.24) is 4.98 Å². The minimum atomic E-state index is -0.473. The molecule has 1 amide bonds. The van der Waals surface area contributed by atoms with Gasteiger partial charge in [0.25, 0.3) is 0 Å². The monoisotopic (exact) mass is 394 g/mol. The van der Waals surface area contributed by atoms with Crippen molar-refractivity contribution < 1.29 is 9.18 Å². The number of nitrogens with one attached hydrogen (secondary N) is 2. The largest absolute Gasteiger partial charge is 0.341 e. The van der Waals surface area contributed by atoms with Crippen LogP contribution in [-0.2, 0) is 11.2 Å². The molecule has 0 atom stereocenters. The first-order valence-electron chi connectivity index (χ1n) is 5.50. The van der Waals surface area contributed by atoms with E-state index < -0.39 is 5.82 Å². The Hall–Kier alpha value is -0.760. The first-order valence-corrected chi connectivity index (χ1v) is 7.89. The molecule has 20 heavy (non-hydrogen) atoms. The molecule has 0 aliphatic rings. The van der Waals surface area contributed by atoms with Crippen molar-refractivity contribution in [3.8, 4) is 0 Å². The topological polar surface area (TPSA) is 44.9 Å². The summed E-state index contributed by atoms with van der Waals surface area (Å²) in [6.45, 7) is 1.86. The number of halogens is 3. The van der Waals surface area contributed by atoms with E-state index in [-0.39, 0.29) is 17.4 Å². The van der Waals surface area contributed by atoms with Crippen molar-refractivity contribution in [3.63, 3.8) is 0 Å². The van der Waals surface area contributed by atoms with Gasteiger partial charge in [0, 0.05) is 15.0 Å². The number of hydrogen-bond donors (Lipinski definition) is 2. The van der Waals surface area contributed by atoms with Crippen molar-refractivity contribution in [1.29, 1.82) is 0 Å². The molecule has 2 rings (SSSR count). The second kappa shape index (κ2) is 6.34. The van der Waals surface area contributed by atoms with E-state index in [1.165, 1.54) is 17.4 Å². The predicted octanol–water partition coefficient (Wildman–Crippen LogP) is 4.85. The van der Waals surface area contributed by atoms with Crippen LogP contribution >= 0.6 is 51.1 Å². The summed E-state index contributed by atoms with van der Waals surface area (Å²) in [5.74, 6) is -0.716. The number of anilines is 1. The highest BCUT2D eigenvalue weighted by Gasteiger charge is 2.13. The molecule has 2 aromatic rings. The molecule has 3 nitrogen and oxygen atoms in total. The van der Waals surface area contributed by atoms with E-state index in [1.54, 1.807) is 0 Å². The number of carbonyl (C=O) groups is 1. The minimum Gasteiger partial charge on any atom is -0.341 e. The summed E-state index contributed by atoms with van der Waals surface area (Å²) in [5.41, 5.74) is 1.23. The lowest BCUT2D eigenvalue weighted by Gasteiger charge is -2.09. The molecule has 2 N–H and O–H groups in total. The van der Waals surface area contributed by atoms with Crippen LogP contribution in [0.15, 0.2) is 16.6 Å². The lowest BCUT2D eigenvalue weighted by molar-refractivity contribution is -0.115. The Bertz CT molecular complexity index is 705. The molecule has 0 radical (unpaired) electrons.